The van der Waals surface area contributed by atoms with E-state index in [4.69, 9.17) is 22.1 Å². The summed E-state index contributed by atoms with van der Waals surface area (Å²) >= 11 is 6.18. The van der Waals surface area contributed by atoms with Crippen LogP contribution < -0.4 is 10.6 Å². The second kappa shape index (κ2) is 6.06. The molecule has 2 aromatic rings. The first kappa shape index (κ1) is 20.1. The van der Waals surface area contributed by atoms with Gasteiger partial charge in [0.05, 0.1) is 0 Å². The van der Waals surface area contributed by atoms with E-state index in [9.17, 15) is 14.9 Å². The first-order valence-electron chi connectivity index (χ1n) is 10.8. The second-order valence-electron chi connectivity index (χ2n) is 9.80. The Morgan fingerprint density at radius 1 is 1.09 bits per heavy atom. The van der Waals surface area contributed by atoms with Crippen molar-refractivity contribution in [1.82, 2.24) is 0 Å². The van der Waals surface area contributed by atoms with Gasteiger partial charge >= 0.3 is 0 Å². The summed E-state index contributed by atoms with van der Waals surface area (Å²) in [6.07, 6.45) is 0.804. The molecule has 2 N–H and O–H groups in total. The lowest BCUT2D eigenvalue weighted by molar-refractivity contribution is -0.119. The molecule has 6 nitrogen and oxygen atoms in total. The Hall–Kier alpha value is -3.56. The lowest BCUT2D eigenvalue weighted by atomic mass is 9.64. The maximum atomic E-state index is 14.2. The van der Waals surface area contributed by atoms with Gasteiger partial charge in [-0.05, 0) is 36.1 Å². The third-order valence-electron chi connectivity index (χ3n) is 7.27. The van der Waals surface area contributed by atoms with Crippen molar-refractivity contribution in [2.24, 2.45) is 16.6 Å². The summed E-state index contributed by atoms with van der Waals surface area (Å²) in [5, 5.41) is 10.8. The van der Waals surface area contributed by atoms with Crippen molar-refractivity contribution in [3.8, 4) is 6.07 Å². The van der Waals surface area contributed by atoms with Crippen LogP contribution in [0, 0.1) is 22.2 Å². The highest BCUT2D eigenvalue weighted by atomic mass is 35.5. The summed E-state index contributed by atoms with van der Waals surface area (Å²) < 4.78 is 6.41. The van der Waals surface area contributed by atoms with Gasteiger partial charge in [-0.1, -0.05) is 49.7 Å². The van der Waals surface area contributed by atoms with Gasteiger partial charge in [-0.25, -0.2) is 0 Å². The van der Waals surface area contributed by atoms with Gasteiger partial charge in [0.15, 0.2) is 17.0 Å². The molecule has 2 aromatic carbocycles. The maximum absolute atomic E-state index is 14.2. The summed E-state index contributed by atoms with van der Waals surface area (Å²) in [4.78, 5) is 29.9. The fourth-order valence-corrected chi connectivity index (χ4v) is 6.37. The van der Waals surface area contributed by atoms with E-state index in [0.717, 1.165) is 0 Å². The zero-order chi connectivity index (χ0) is 23.3. The lowest BCUT2D eigenvalue weighted by Crippen LogP contribution is -2.52. The molecule has 164 valence electrons. The number of anilines is 1. The Bertz CT molecular complexity index is 1400. The number of allylic oxidation sites excluding steroid dienone is 1. The summed E-state index contributed by atoms with van der Waals surface area (Å²) in [5.41, 5.74) is 5.57. The minimum absolute atomic E-state index is 0.000666. The number of ketones is 2. The van der Waals surface area contributed by atoms with Crippen LogP contribution >= 0.6 is 11.6 Å². The van der Waals surface area contributed by atoms with E-state index in [0.29, 0.717) is 39.5 Å². The highest BCUT2D eigenvalue weighted by Gasteiger charge is 2.81. The standard InChI is InChI=1S/C26H20ClN3O3/c1-24(2)11-19-21(20(31)12-24)25-18(13-28)23(29)33-26(25,17-6-4-3-5-16(17)22(25)32)30(19)15-9-7-14(27)8-10-15/h3-10H,11-12,29H2,1-2H3/t25-,26-/m0/s1. The van der Waals surface area contributed by atoms with Crippen LogP contribution in [0.3, 0.4) is 0 Å². The topological polar surface area (TPSA) is 96.4 Å². The van der Waals surface area contributed by atoms with Gasteiger partial charge in [-0.15, -0.1) is 0 Å². The number of benzene rings is 2. The molecule has 4 aliphatic rings. The zero-order valence-corrected chi connectivity index (χ0v) is 18.9. The van der Waals surface area contributed by atoms with E-state index in [1.807, 2.05) is 43.0 Å². The average Bonchev–Trinajstić information content (AvgIpc) is 3.24. The molecule has 0 saturated heterocycles. The SMILES string of the molecule is CC1(C)CC(=O)C2=C(C1)N(c1ccc(Cl)cc1)[C@@]13OC(N)=C(C#N)[C@@]21C(=O)c1ccccc13. The Morgan fingerprint density at radius 3 is 2.48 bits per heavy atom. The van der Waals surface area contributed by atoms with Crippen LogP contribution in [0.25, 0.3) is 0 Å². The average molecular weight is 458 g/mol. The van der Waals surface area contributed by atoms with Crippen molar-refractivity contribution in [1.29, 1.82) is 5.26 Å². The predicted molar refractivity (Wildman–Crippen MR) is 122 cm³/mol. The van der Waals surface area contributed by atoms with Crippen molar-refractivity contribution in [2.75, 3.05) is 4.90 Å². The molecular formula is C26H20ClN3O3. The predicted octanol–water partition coefficient (Wildman–Crippen LogP) is 4.56. The number of halogens is 1. The fourth-order valence-electron chi connectivity index (χ4n) is 6.25. The number of nitriles is 1. The number of carbonyl (C=O) groups excluding carboxylic acids is 2. The molecule has 33 heavy (non-hydrogen) atoms. The van der Waals surface area contributed by atoms with Crippen molar-refractivity contribution in [2.45, 2.75) is 32.4 Å². The normalized spacial score (nSPS) is 28.8. The second-order valence-corrected chi connectivity index (χ2v) is 10.2. The van der Waals surface area contributed by atoms with Gasteiger partial charge < -0.3 is 15.4 Å². The summed E-state index contributed by atoms with van der Waals surface area (Å²) in [7, 11) is 0. The minimum Gasteiger partial charge on any atom is -0.446 e. The zero-order valence-electron chi connectivity index (χ0n) is 18.1. The first-order chi connectivity index (χ1) is 15.7. The number of rotatable bonds is 1. The van der Waals surface area contributed by atoms with E-state index in [1.165, 1.54) is 0 Å². The number of hydrogen-bond acceptors (Lipinski definition) is 6. The number of nitrogens with zero attached hydrogens (tertiary/aromatic N) is 2. The highest BCUT2D eigenvalue weighted by molar-refractivity contribution is 6.30. The van der Waals surface area contributed by atoms with Crippen molar-refractivity contribution < 1.29 is 14.3 Å². The van der Waals surface area contributed by atoms with E-state index in [1.54, 1.807) is 24.3 Å². The van der Waals surface area contributed by atoms with E-state index < -0.39 is 11.1 Å². The van der Waals surface area contributed by atoms with Crippen LogP contribution in [0.2, 0.25) is 5.02 Å². The number of Topliss-reactive ketones (excluding diaryl/α,β-unsaturated/α-hetero) is 2. The molecule has 0 bridgehead atoms. The first-order valence-corrected chi connectivity index (χ1v) is 11.1. The molecule has 0 amide bonds. The van der Waals surface area contributed by atoms with E-state index >= 15 is 0 Å². The Balaban J connectivity index is 1.79. The fraction of sp³-hybridized carbons (Fsp3) is 0.269. The van der Waals surface area contributed by atoms with E-state index in [2.05, 4.69) is 6.07 Å². The van der Waals surface area contributed by atoms with Crippen molar-refractivity contribution in [3.63, 3.8) is 0 Å². The Kier molecular flexibility index (Phi) is 3.69. The molecular weight excluding hydrogens is 438 g/mol. The lowest BCUT2D eigenvalue weighted by Gasteiger charge is -2.42. The molecule has 0 aromatic heterocycles. The van der Waals surface area contributed by atoms with Gasteiger partial charge in [-0.2, -0.15) is 5.26 Å². The van der Waals surface area contributed by atoms with Gasteiger partial charge in [-0.3, -0.25) is 9.59 Å². The molecule has 2 heterocycles. The number of hydrogen-bond donors (Lipinski definition) is 1. The monoisotopic (exact) mass is 457 g/mol. The van der Waals surface area contributed by atoms with Crippen molar-refractivity contribution >= 4 is 28.9 Å². The van der Waals surface area contributed by atoms with Crippen molar-refractivity contribution in [3.05, 3.63) is 87.4 Å². The van der Waals surface area contributed by atoms with Crippen LogP contribution in [0.5, 0.6) is 0 Å². The van der Waals surface area contributed by atoms with Crippen LogP contribution in [-0.4, -0.2) is 11.6 Å². The molecule has 0 saturated carbocycles. The number of fused-ring (bicyclic) bond motifs is 1. The molecule has 0 fully saturated rings. The van der Waals surface area contributed by atoms with Gasteiger partial charge in [0.25, 0.3) is 0 Å². The molecule has 2 aliphatic carbocycles. The largest absolute Gasteiger partial charge is 0.446 e. The number of carbonyl (C=O) groups is 2. The molecule has 6 rings (SSSR count). The third-order valence-corrected chi connectivity index (χ3v) is 7.53. The molecule has 2 aliphatic heterocycles. The van der Waals surface area contributed by atoms with Crippen LogP contribution in [0.1, 0.15) is 42.6 Å². The molecule has 7 heteroatoms. The van der Waals surface area contributed by atoms with E-state index in [-0.39, 0.29) is 34.9 Å². The molecule has 0 unspecified atom stereocenters. The molecule has 2 atom stereocenters. The quantitative estimate of drug-likeness (QED) is 0.674. The number of nitrogens with two attached hydrogens (primary N) is 1. The third kappa shape index (κ3) is 2.09. The van der Waals surface area contributed by atoms with Gasteiger partial charge in [0, 0.05) is 39.5 Å². The summed E-state index contributed by atoms with van der Waals surface area (Å²) in [6, 6.07) is 16.4. The molecule has 0 spiro atoms. The Morgan fingerprint density at radius 2 is 1.79 bits per heavy atom. The van der Waals surface area contributed by atoms with Crippen LogP contribution in [-0.2, 0) is 15.3 Å². The maximum Gasteiger partial charge on any atom is 0.238 e. The van der Waals surface area contributed by atoms with Gasteiger partial charge in [0.1, 0.15) is 11.6 Å². The van der Waals surface area contributed by atoms with Crippen LogP contribution in [0.4, 0.5) is 5.69 Å². The van der Waals surface area contributed by atoms with Crippen LogP contribution in [0.15, 0.2) is 71.3 Å². The number of ether oxygens (including phenoxy) is 1. The highest BCUT2D eigenvalue weighted by Crippen LogP contribution is 2.72. The smallest absolute Gasteiger partial charge is 0.238 e. The summed E-state index contributed by atoms with van der Waals surface area (Å²) in [6.45, 7) is 4.06. The Labute approximate surface area is 195 Å². The van der Waals surface area contributed by atoms with Gasteiger partial charge in [0.2, 0.25) is 11.6 Å². The minimum atomic E-state index is -1.64. The summed E-state index contributed by atoms with van der Waals surface area (Å²) in [5.74, 6) is -0.607. The molecule has 0 radical (unpaired) electrons.